The first-order chi connectivity index (χ1) is 14.6. The van der Waals surface area contributed by atoms with Crippen LogP contribution in [-0.2, 0) is 11.3 Å². The Morgan fingerprint density at radius 2 is 2.07 bits per heavy atom. The zero-order valence-corrected chi connectivity index (χ0v) is 19.0. The van der Waals surface area contributed by atoms with Crippen molar-refractivity contribution in [2.45, 2.75) is 46.3 Å². The van der Waals surface area contributed by atoms with Crippen molar-refractivity contribution in [3.8, 4) is 5.75 Å². The molecular weight excluding hydrogens is 398 g/mol. The molecule has 0 bridgehead atoms. The predicted molar refractivity (Wildman–Crippen MR) is 120 cm³/mol. The Balaban J connectivity index is 1.59. The van der Waals surface area contributed by atoms with Gasteiger partial charge in [-0.05, 0) is 31.0 Å². The second kappa shape index (κ2) is 11.4. The van der Waals surface area contributed by atoms with Crippen molar-refractivity contribution in [2.75, 3.05) is 32.8 Å². The van der Waals surface area contributed by atoms with Gasteiger partial charge in [-0.1, -0.05) is 32.8 Å². The number of rotatable bonds is 10. The standard InChI is InChI=1S/C23H33N3O3S/c1-4-18(5-2)22(26-9-11-28-12-10-26)14-24-23(27)19-7-6-8-21(13-19)29-15-20-16-30-17(3)25-20/h6-8,13,16,18,22H,4-5,9-12,14-15H2,1-3H3,(H,24,27)/t22-/m1/s1. The minimum absolute atomic E-state index is 0.0610. The fourth-order valence-corrected chi connectivity index (χ4v) is 4.59. The molecule has 1 atom stereocenters. The van der Waals surface area contributed by atoms with Gasteiger partial charge in [0.15, 0.2) is 0 Å². The van der Waals surface area contributed by atoms with Gasteiger partial charge >= 0.3 is 0 Å². The van der Waals surface area contributed by atoms with Crippen LogP contribution in [0.15, 0.2) is 29.6 Å². The highest BCUT2D eigenvalue weighted by Gasteiger charge is 2.27. The highest BCUT2D eigenvalue weighted by molar-refractivity contribution is 7.09. The number of thiazole rings is 1. The van der Waals surface area contributed by atoms with E-state index >= 15 is 0 Å². The summed E-state index contributed by atoms with van der Waals surface area (Å²) in [6, 6.07) is 7.69. The average molecular weight is 432 g/mol. The minimum Gasteiger partial charge on any atom is -0.487 e. The molecule has 164 valence electrons. The molecule has 0 unspecified atom stereocenters. The van der Waals surface area contributed by atoms with E-state index in [1.165, 1.54) is 0 Å². The van der Waals surface area contributed by atoms with Gasteiger partial charge in [0, 0.05) is 36.6 Å². The third kappa shape index (κ3) is 6.27. The lowest BCUT2D eigenvalue weighted by Crippen LogP contribution is -2.52. The van der Waals surface area contributed by atoms with Crippen LogP contribution >= 0.6 is 11.3 Å². The molecule has 1 N–H and O–H groups in total. The van der Waals surface area contributed by atoms with Crippen LogP contribution in [0.3, 0.4) is 0 Å². The number of nitrogens with one attached hydrogen (secondary N) is 1. The summed E-state index contributed by atoms with van der Waals surface area (Å²) in [7, 11) is 0. The molecule has 30 heavy (non-hydrogen) atoms. The maximum atomic E-state index is 12.8. The van der Waals surface area contributed by atoms with Gasteiger partial charge in [0.05, 0.1) is 23.9 Å². The Kier molecular flexibility index (Phi) is 8.66. The third-order valence-electron chi connectivity index (χ3n) is 5.73. The van der Waals surface area contributed by atoms with Gasteiger partial charge in [-0.3, -0.25) is 9.69 Å². The Bertz CT molecular complexity index is 800. The number of amides is 1. The van der Waals surface area contributed by atoms with E-state index in [0.29, 0.717) is 36.4 Å². The zero-order chi connectivity index (χ0) is 21.3. The molecule has 0 aliphatic carbocycles. The van der Waals surface area contributed by atoms with E-state index in [1.54, 1.807) is 17.4 Å². The molecule has 2 aromatic rings. The predicted octanol–water partition coefficient (Wildman–Crippen LogP) is 3.90. The number of carbonyl (C=O) groups excluding carboxylic acids is 1. The first kappa shape index (κ1) is 22.7. The number of aromatic nitrogens is 1. The normalized spacial score (nSPS) is 15.9. The van der Waals surface area contributed by atoms with Crippen LogP contribution in [0.1, 0.15) is 47.7 Å². The fraction of sp³-hybridized carbons (Fsp3) is 0.565. The van der Waals surface area contributed by atoms with Gasteiger partial charge in [0.2, 0.25) is 0 Å². The summed E-state index contributed by atoms with van der Waals surface area (Å²) in [6.45, 7) is 10.9. The number of hydrogen-bond acceptors (Lipinski definition) is 6. The molecule has 1 aliphatic heterocycles. The van der Waals surface area contributed by atoms with Crippen LogP contribution in [0.25, 0.3) is 0 Å². The van der Waals surface area contributed by atoms with Crippen LogP contribution in [-0.4, -0.2) is 54.7 Å². The molecule has 1 fully saturated rings. The van der Waals surface area contributed by atoms with E-state index in [4.69, 9.17) is 9.47 Å². The van der Waals surface area contributed by atoms with Crippen molar-refractivity contribution in [1.82, 2.24) is 15.2 Å². The summed E-state index contributed by atoms with van der Waals surface area (Å²) in [5.74, 6) is 1.17. The fourth-order valence-electron chi connectivity index (χ4n) is 3.99. The molecule has 1 amide bonds. The molecule has 0 saturated carbocycles. The quantitative estimate of drug-likeness (QED) is 0.618. The zero-order valence-electron chi connectivity index (χ0n) is 18.2. The highest BCUT2D eigenvalue weighted by Crippen LogP contribution is 2.20. The van der Waals surface area contributed by atoms with Crippen molar-refractivity contribution in [3.63, 3.8) is 0 Å². The first-order valence-electron chi connectivity index (χ1n) is 10.8. The van der Waals surface area contributed by atoms with Crippen LogP contribution in [0.4, 0.5) is 0 Å². The molecule has 1 aliphatic rings. The Morgan fingerprint density at radius 1 is 1.30 bits per heavy atom. The van der Waals surface area contributed by atoms with Crippen LogP contribution < -0.4 is 10.1 Å². The molecule has 3 rings (SSSR count). The number of benzene rings is 1. The minimum atomic E-state index is -0.0610. The van der Waals surface area contributed by atoms with Gasteiger partial charge in [-0.15, -0.1) is 11.3 Å². The second-order valence-corrected chi connectivity index (χ2v) is 8.74. The van der Waals surface area contributed by atoms with Crippen molar-refractivity contribution in [2.24, 2.45) is 5.92 Å². The molecule has 7 heteroatoms. The third-order valence-corrected chi connectivity index (χ3v) is 6.55. The molecule has 1 saturated heterocycles. The van der Waals surface area contributed by atoms with Gasteiger partial charge in [-0.2, -0.15) is 0 Å². The van der Waals surface area contributed by atoms with Gasteiger partial charge < -0.3 is 14.8 Å². The maximum Gasteiger partial charge on any atom is 0.251 e. The van der Waals surface area contributed by atoms with E-state index in [2.05, 4.69) is 29.0 Å². The van der Waals surface area contributed by atoms with E-state index in [1.807, 2.05) is 30.5 Å². The van der Waals surface area contributed by atoms with E-state index in [0.717, 1.165) is 49.8 Å². The van der Waals surface area contributed by atoms with Crippen LogP contribution in [0.5, 0.6) is 5.75 Å². The monoisotopic (exact) mass is 431 g/mol. The first-order valence-corrected chi connectivity index (χ1v) is 11.7. The number of aryl methyl sites for hydroxylation is 1. The van der Waals surface area contributed by atoms with E-state index in [9.17, 15) is 4.79 Å². The SMILES string of the molecule is CCC(CC)[C@@H](CNC(=O)c1cccc(OCc2csc(C)n2)c1)N1CCOCC1. The largest absolute Gasteiger partial charge is 0.487 e. The van der Waals surface area contributed by atoms with Crippen molar-refractivity contribution >= 4 is 17.2 Å². The summed E-state index contributed by atoms with van der Waals surface area (Å²) < 4.78 is 11.3. The number of ether oxygens (including phenoxy) is 2. The van der Waals surface area contributed by atoms with E-state index < -0.39 is 0 Å². The van der Waals surface area contributed by atoms with Gasteiger partial charge in [0.1, 0.15) is 12.4 Å². The van der Waals surface area contributed by atoms with E-state index in [-0.39, 0.29) is 5.91 Å². The summed E-state index contributed by atoms with van der Waals surface area (Å²) in [6.07, 6.45) is 2.21. The lowest BCUT2D eigenvalue weighted by molar-refractivity contribution is 0.00191. The number of nitrogens with zero attached hydrogens (tertiary/aromatic N) is 2. The van der Waals surface area contributed by atoms with Crippen molar-refractivity contribution in [3.05, 3.63) is 45.9 Å². The summed E-state index contributed by atoms with van der Waals surface area (Å²) in [5, 5.41) is 6.18. The van der Waals surface area contributed by atoms with Gasteiger partial charge in [-0.25, -0.2) is 4.98 Å². The topological polar surface area (TPSA) is 63.7 Å². The number of carbonyl (C=O) groups is 1. The smallest absolute Gasteiger partial charge is 0.251 e. The molecule has 2 heterocycles. The maximum absolute atomic E-state index is 12.8. The second-order valence-electron chi connectivity index (χ2n) is 7.68. The van der Waals surface area contributed by atoms with Crippen LogP contribution in [0.2, 0.25) is 0 Å². The summed E-state index contributed by atoms with van der Waals surface area (Å²) in [5.41, 5.74) is 1.53. The Morgan fingerprint density at radius 3 is 2.73 bits per heavy atom. The molecule has 1 aromatic heterocycles. The van der Waals surface area contributed by atoms with Gasteiger partial charge in [0.25, 0.3) is 5.91 Å². The lowest BCUT2D eigenvalue weighted by Gasteiger charge is -2.38. The van der Waals surface area contributed by atoms with Crippen molar-refractivity contribution in [1.29, 1.82) is 0 Å². The summed E-state index contributed by atoms with van der Waals surface area (Å²) in [4.78, 5) is 19.7. The van der Waals surface area contributed by atoms with Crippen LogP contribution in [0, 0.1) is 12.8 Å². The molecule has 6 nitrogen and oxygen atoms in total. The molecule has 0 spiro atoms. The number of morpholine rings is 1. The highest BCUT2D eigenvalue weighted by atomic mass is 32.1. The Hall–Kier alpha value is -1.96. The molecular formula is C23H33N3O3S. The average Bonchev–Trinajstić information content (AvgIpc) is 3.21. The Labute approximate surface area is 183 Å². The van der Waals surface area contributed by atoms with Crippen molar-refractivity contribution < 1.29 is 14.3 Å². The molecule has 0 radical (unpaired) electrons. The summed E-state index contributed by atoms with van der Waals surface area (Å²) >= 11 is 1.61. The lowest BCUT2D eigenvalue weighted by atomic mass is 9.92. The number of hydrogen-bond donors (Lipinski definition) is 1. The molecule has 1 aromatic carbocycles.